The first-order chi connectivity index (χ1) is 13.3. The summed E-state index contributed by atoms with van der Waals surface area (Å²) in [5.41, 5.74) is 1.32. The number of amides is 1. The lowest BCUT2D eigenvalue weighted by Crippen LogP contribution is -2.39. The Labute approximate surface area is 166 Å². The number of ether oxygens (including phenoxy) is 1. The van der Waals surface area contributed by atoms with Crippen LogP contribution in [-0.2, 0) is 10.0 Å². The molecule has 1 fully saturated rings. The van der Waals surface area contributed by atoms with Crippen molar-refractivity contribution in [3.8, 4) is 5.75 Å². The maximum atomic E-state index is 13.0. The van der Waals surface area contributed by atoms with Crippen molar-refractivity contribution in [1.29, 1.82) is 0 Å². The van der Waals surface area contributed by atoms with Gasteiger partial charge < -0.3 is 9.64 Å². The zero-order chi connectivity index (χ0) is 20.3. The van der Waals surface area contributed by atoms with Gasteiger partial charge in [-0.3, -0.25) is 9.52 Å². The van der Waals surface area contributed by atoms with Crippen LogP contribution in [0.4, 0.5) is 5.69 Å². The molecular weight excluding hydrogens is 376 g/mol. The Kier molecular flexibility index (Phi) is 5.93. The Balaban J connectivity index is 1.91. The van der Waals surface area contributed by atoms with Gasteiger partial charge in [0.05, 0.1) is 17.7 Å². The van der Waals surface area contributed by atoms with Gasteiger partial charge in [0.15, 0.2) is 0 Å². The Morgan fingerprint density at radius 2 is 1.96 bits per heavy atom. The first-order valence-electron chi connectivity index (χ1n) is 9.37. The van der Waals surface area contributed by atoms with Crippen LogP contribution >= 0.6 is 0 Å². The topological polar surface area (TPSA) is 75.7 Å². The van der Waals surface area contributed by atoms with Gasteiger partial charge in [0.2, 0.25) is 0 Å². The molecule has 1 aliphatic rings. The van der Waals surface area contributed by atoms with Crippen LogP contribution in [0, 0.1) is 12.8 Å². The van der Waals surface area contributed by atoms with Crippen LogP contribution in [0.5, 0.6) is 5.75 Å². The largest absolute Gasteiger partial charge is 0.495 e. The number of hydrogen-bond donors (Lipinski definition) is 1. The number of para-hydroxylation sites is 2. The minimum absolute atomic E-state index is 0.0920. The van der Waals surface area contributed by atoms with Crippen molar-refractivity contribution in [2.75, 3.05) is 24.9 Å². The fraction of sp³-hybridized carbons (Fsp3) is 0.381. The summed E-state index contributed by atoms with van der Waals surface area (Å²) in [5, 5.41) is 0. The third kappa shape index (κ3) is 4.30. The maximum absolute atomic E-state index is 13.0. The number of nitrogens with one attached hydrogen (secondary N) is 1. The predicted molar refractivity (Wildman–Crippen MR) is 109 cm³/mol. The molecule has 1 atom stereocenters. The van der Waals surface area contributed by atoms with Gasteiger partial charge in [-0.2, -0.15) is 0 Å². The Morgan fingerprint density at radius 1 is 1.21 bits per heavy atom. The molecule has 2 aromatic rings. The lowest BCUT2D eigenvalue weighted by Gasteiger charge is -2.31. The lowest BCUT2D eigenvalue weighted by atomic mass is 9.99. The molecular formula is C21H26N2O4S. The fourth-order valence-corrected chi connectivity index (χ4v) is 4.85. The summed E-state index contributed by atoms with van der Waals surface area (Å²) in [6.45, 7) is 5.25. The summed E-state index contributed by atoms with van der Waals surface area (Å²) >= 11 is 0. The third-order valence-corrected chi connectivity index (χ3v) is 6.53. The van der Waals surface area contributed by atoms with E-state index in [0.717, 1.165) is 12.8 Å². The van der Waals surface area contributed by atoms with Crippen LogP contribution in [0.1, 0.15) is 35.7 Å². The molecule has 1 saturated heterocycles. The van der Waals surface area contributed by atoms with Gasteiger partial charge in [0, 0.05) is 18.7 Å². The number of anilines is 1. The second kappa shape index (κ2) is 8.22. The van der Waals surface area contributed by atoms with Crippen LogP contribution in [0.2, 0.25) is 0 Å². The number of carbonyl (C=O) groups is 1. The molecule has 0 spiro atoms. The highest BCUT2D eigenvalue weighted by Crippen LogP contribution is 2.28. The average molecular weight is 403 g/mol. The Bertz CT molecular complexity index is 972. The quantitative estimate of drug-likeness (QED) is 0.828. The van der Waals surface area contributed by atoms with E-state index in [1.54, 1.807) is 43.3 Å². The molecule has 0 bridgehead atoms. The normalized spacial score (nSPS) is 17.2. The van der Waals surface area contributed by atoms with Crippen molar-refractivity contribution in [2.24, 2.45) is 5.92 Å². The summed E-state index contributed by atoms with van der Waals surface area (Å²) in [5.74, 6) is 0.761. The maximum Gasteiger partial charge on any atom is 0.262 e. The van der Waals surface area contributed by atoms with Gasteiger partial charge in [0.1, 0.15) is 5.75 Å². The molecule has 0 aromatic heterocycles. The first kappa shape index (κ1) is 20.2. The van der Waals surface area contributed by atoms with E-state index in [1.807, 2.05) is 4.90 Å². The molecule has 0 aliphatic carbocycles. The number of likely N-dealkylation sites (tertiary alicyclic amines) is 1. The van der Waals surface area contributed by atoms with Crippen LogP contribution in [0.25, 0.3) is 0 Å². The van der Waals surface area contributed by atoms with E-state index in [4.69, 9.17) is 4.74 Å². The monoisotopic (exact) mass is 402 g/mol. The second-order valence-electron chi connectivity index (χ2n) is 7.28. The first-order valence-corrected chi connectivity index (χ1v) is 10.9. The number of methoxy groups -OCH3 is 1. The van der Waals surface area contributed by atoms with Gasteiger partial charge in [-0.25, -0.2) is 8.42 Å². The highest BCUT2D eigenvalue weighted by Gasteiger charge is 2.25. The van der Waals surface area contributed by atoms with Crippen molar-refractivity contribution in [3.05, 3.63) is 53.6 Å². The van der Waals surface area contributed by atoms with E-state index in [1.165, 1.54) is 13.2 Å². The second-order valence-corrected chi connectivity index (χ2v) is 8.94. The van der Waals surface area contributed by atoms with E-state index in [2.05, 4.69) is 11.6 Å². The molecule has 28 heavy (non-hydrogen) atoms. The smallest absolute Gasteiger partial charge is 0.262 e. The molecule has 2 aromatic carbocycles. The van der Waals surface area contributed by atoms with Gasteiger partial charge in [0.25, 0.3) is 15.9 Å². The molecule has 1 amide bonds. The highest BCUT2D eigenvalue weighted by atomic mass is 32.2. The Hall–Kier alpha value is -2.54. The van der Waals surface area contributed by atoms with Crippen molar-refractivity contribution < 1.29 is 17.9 Å². The zero-order valence-electron chi connectivity index (χ0n) is 16.4. The standard InChI is InChI=1S/C21H26N2O4S/c1-15-7-6-12-23(14-15)21(24)17-11-10-16(2)20(13-17)28(25,26)22-18-8-4-5-9-19(18)27-3/h4-5,8-11,13,15,22H,6-7,12,14H2,1-3H3/t15-/m0/s1. The third-order valence-electron chi connectivity index (χ3n) is 5.02. The molecule has 0 radical (unpaired) electrons. The van der Waals surface area contributed by atoms with Crippen LogP contribution in [-0.4, -0.2) is 39.4 Å². The number of aryl methyl sites for hydroxylation is 1. The molecule has 7 heteroatoms. The molecule has 0 unspecified atom stereocenters. The SMILES string of the molecule is COc1ccccc1NS(=O)(=O)c1cc(C(=O)N2CCC[C@H](C)C2)ccc1C. The number of carbonyl (C=O) groups excluding carboxylic acids is 1. The summed E-state index contributed by atoms with van der Waals surface area (Å²) < 4.78 is 33.8. The minimum Gasteiger partial charge on any atom is -0.495 e. The number of benzene rings is 2. The van der Waals surface area contributed by atoms with Gasteiger partial charge in [-0.05, 0) is 55.5 Å². The summed E-state index contributed by atoms with van der Waals surface area (Å²) in [6.07, 6.45) is 2.08. The van der Waals surface area contributed by atoms with Gasteiger partial charge in [-0.1, -0.05) is 25.1 Å². The number of piperidine rings is 1. The molecule has 3 rings (SSSR count). The average Bonchev–Trinajstić information content (AvgIpc) is 2.68. The van der Waals surface area contributed by atoms with Crippen molar-refractivity contribution in [3.63, 3.8) is 0 Å². The molecule has 150 valence electrons. The number of rotatable bonds is 5. The fourth-order valence-electron chi connectivity index (χ4n) is 3.51. The highest BCUT2D eigenvalue weighted by molar-refractivity contribution is 7.92. The zero-order valence-corrected chi connectivity index (χ0v) is 17.3. The van der Waals surface area contributed by atoms with Crippen molar-refractivity contribution >= 4 is 21.6 Å². The summed E-state index contributed by atoms with van der Waals surface area (Å²) in [7, 11) is -2.39. The van der Waals surface area contributed by atoms with E-state index >= 15 is 0 Å². The predicted octanol–water partition coefficient (Wildman–Crippen LogP) is 3.68. The molecule has 0 saturated carbocycles. The van der Waals surface area contributed by atoms with Crippen LogP contribution in [0.3, 0.4) is 0 Å². The van der Waals surface area contributed by atoms with Crippen LogP contribution < -0.4 is 9.46 Å². The van der Waals surface area contributed by atoms with Gasteiger partial charge in [-0.15, -0.1) is 0 Å². The summed E-state index contributed by atoms with van der Waals surface area (Å²) in [6, 6.07) is 11.6. The number of sulfonamides is 1. The molecule has 1 N–H and O–H groups in total. The molecule has 1 aliphatic heterocycles. The van der Waals surface area contributed by atoms with Crippen molar-refractivity contribution in [2.45, 2.75) is 31.6 Å². The molecule has 1 heterocycles. The van der Waals surface area contributed by atoms with E-state index in [-0.39, 0.29) is 10.8 Å². The molecule has 6 nitrogen and oxygen atoms in total. The number of hydrogen-bond acceptors (Lipinski definition) is 4. The van der Waals surface area contributed by atoms with Crippen LogP contribution in [0.15, 0.2) is 47.4 Å². The van der Waals surface area contributed by atoms with E-state index in [9.17, 15) is 13.2 Å². The minimum atomic E-state index is -3.87. The Morgan fingerprint density at radius 3 is 2.68 bits per heavy atom. The summed E-state index contributed by atoms with van der Waals surface area (Å²) in [4.78, 5) is 14.8. The van der Waals surface area contributed by atoms with Crippen molar-refractivity contribution in [1.82, 2.24) is 4.90 Å². The van der Waals surface area contributed by atoms with E-state index in [0.29, 0.717) is 41.6 Å². The lowest BCUT2D eigenvalue weighted by molar-refractivity contribution is 0.0683. The number of nitrogens with zero attached hydrogens (tertiary/aromatic N) is 1. The van der Waals surface area contributed by atoms with E-state index < -0.39 is 10.0 Å². The van der Waals surface area contributed by atoms with Gasteiger partial charge >= 0.3 is 0 Å².